The number of ketones is 1. The molecule has 0 radical (unpaired) electrons. The first-order chi connectivity index (χ1) is 8.52. The molecule has 1 heterocycles. The van der Waals surface area contributed by atoms with E-state index in [-0.39, 0.29) is 22.9 Å². The van der Waals surface area contributed by atoms with Crippen LogP contribution in [0.3, 0.4) is 0 Å². The van der Waals surface area contributed by atoms with E-state index in [0.717, 1.165) is 0 Å². The van der Waals surface area contributed by atoms with Gasteiger partial charge >= 0.3 is 0 Å². The Morgan fingerprint density at radius 2 is 1.94 bits per heavy atom. The van der Waals surface area contributed by atoms with Gasteiger partial charge in [0.1, 0.15) is 11.5 Å². The topological polar surface area (TPSA) is 66.8 Å². The lowest BCUT2D eigenvalue weighted by molar-refractivity contribution is -0.115. The summed E-state index contributed by atoms with van der Waals surface area (Å²) in [5.41, 5.74) is 0.662. The number of benzene rings is 1. The van der Waals surface area contributed by atoms with E-state index < -0.39 is 12.2 Å². The molecule has 0 aliphatic carbocycles. The van der Waals surface area contributed by atoms with Gasteiger partial charge in [-0.1, -0.05) is 36.9 Å². The van der Waals surface area contributed by atoms with Gasteiger partial charge in [0.05, 0.1) is 5.57 Å². The van der Waals surface area contributed by atoms with Gasteiger partial charge in [-0.25, -0.2) is 0 Å². The van der Waals surface area contributed by atoms with Crippen LogP contribution in [0.1, 0.15) is 18.6 Å². The summed E-state index contributed by atoms with van der Waals surface area (Å²) in [5.74, 6) is -0.685. The summed E-state index contributed by atoms with van der Waals surface area (Å²) < 4.78 is 5.45. The fourth-order valence-electron chi connectivity index (χ4n) is 1.98. The van der Waals surface area contributed by atoms with Gasteiger partial charge in [0.15, 0.2) is 18.0 Å². The molecule has 2 unspecified atom stereocenters. The molecule has 4 nitrogen and oxygen atoms in total. The molecule has 2 atom stereocenters. The van der Waals surface area contributed by atoms with E-state index in [4.69, 9.17) is 4.74 Å². The van der Waals surface area contributed by atoms with Crippen LogP contribution >= 0.6 is 0 Å². The van der Waals surface area contributed by atoms with E-state index >= 15 is 0 Å². The Kier molecular flexibility index (Phi) is 3.21. The quantitative estimate of drug-likeness (QED) is 0.838. The number of carbonyl (C=O) groups excluding carboxylic acids is 1. The van der Waals surface area contributed by atoms with Crippen molar-refractivity contribution in [3.63, 3.8) is 0 Å². The molecule has 0 amide bonds. The molecule has 1 aliphatic heterocycles. The van der Waals surface area contributed by atoms with Crippen molar-refractivity contribution in [3.8, 4) is 0 Å². The summed E-state index contributed by atoms with van der Waals surface area (Å²) in [6.07, 6.45) is -2.02. The van der Waals surface area contributed by atoms with Crippen LogP contribution in [-0.4, -0.2) is 22.1 Å². The molecule has 0 spiro atoms. The molecule has 2 rings (SSSR count). The lowest BCUT2D eigenvalue weighted by atomic mass is 9.95. The second kappa shape index (κ2) is 4.66. The second-order valence-corrected chi connectivity index (χ2v) is 4.13. The van der Waals surface area contributed by atoms with Gasteiger partial charge in [0.25, 0.3) is 0 Å². The van der Waals surface area contributed by atoms with E-state index in [2.05, 4.69) is 6.58 Å². The van der Waals surface area contributed by atoms with E-state index in [1.54, 1.807) is 24.3 Å². The molecule has 4 heteroatoms. The monoisotopic (exact) mass is 246 g/mol. The van der Waals surface area contributed by atoms with Gasteiger partial charge in [-0.15, -0.1) is 0 Å². The van der Waals surface area contributed by atoms with Crippen LogP contribution in [0.15, 0.2) is 54.0 Å². The van der Waals surface area contributed by atoms with Gasteiger partial charge in [0, 0.05) is 0 Å². The zero-order chi connectivity index (χ0) is 13.3. The Hall–Kier alpha value is -2.07. The number of Topliss-reactive ketones (excluding diaryl/α,β-unsaturated/α-hetero) is 1. The predicted molar refractivity (Wildman–Crippen MR) is 65.8 cm³/mol. The first kappa shape index (κ1) is 12.4. The number of ether oxygens (including phenoxy) is 1. The first-order valence-corrected chi connectivity index (χ1v) is 5.55. The Balaban J connectivity index is 2.41. The standard InChI is InChI=1S/C14H14O4/c1-8(15)11-9(2)18-14(13(17)12(11)16)10-6-4-3-5-7-10/h3-7,13-14,16-17H,2H2,1H3. The summed E-state index contributed by atoms with van der Waals surface area (Å²) in [6, 6.07) is 8.98. The highest BCUT2D eigenvalue weighted by atomic mass is 16.5. The molecule has 0 saturated carbocycles. The summed E-state index contributed by atoms with van der Waals surface area (Å²) >= 11 is 0. The SMILES string of the molecule is C=C1OC(c2ccccc2)C(O)C(O)=C1C(C)=O. The van der Waals surface area contributed by atoms with Gasteiger partial charge in [-0.05, 0) is 12.5 Å². The van der Waals surface area contributed by atoms with Gasteiger partial charge in [0.2, 0.25) is 0 Å². The van der Waals surface area contributed by atoms with E-state index in [1.165, 1.54) is 6.92 Å². The highest BCUT2D eigenvalue weighted by Crippen LogP contribution is 2.35. The Morgan fingerprint density at radius 3 is 2.50 bits per heavy atom. The molecular formula is C14H14O4. The molecule has 0 fully saturated rings. The Labute approximate surface area is 105 Å². The minimum absolute atomic E-state index is 0.0466. The highest BCUT2D eigenvalue weighted by molar-refractivity contribution is 5.97. The normalized spacial score (nSPS) is 23.8. The maximum absolute atomic E-state index is 11.3. The van der Waals surface area contributed by atoms with Gasteiger partial charge < -0.3 is 14.9 Å². The summed E-state index contributed by atoms with van der Waals surface area (Å²) in [6.45, 7) is 4.89. The number of hydrogen-bond acceptors (Lipinski definition) is 4. The van der Waals surface area contributed by atoms with Crippen molar-refractivity contribution in [2.75, 3.05) is 0 Å². The predicted octanol–water partition coefficient (Wildman–Crippen LogP) is 2.03. The number of aliphatic hydroxyl groups is 2. The van der Waals surface area contributed by atoms with Crippen LogP contribution in [0.5, 0.6) is 0 Å². The van der Waals surface area contributed by atoms with E-state index in [9.17, 15) is 15.0 Å². The molecule has 94 valence electrons. The average molecular weight is 246 g/mol. The molecule has 2 N–H and O–H groups in total. The minimum Gasteiger partial charge on any atom is -0.508 e. The summed E-state index contributed by atoms with van der Waals surface area (Å²) in [7, 11) is 0. The van der Waals surface area contributed by atoms with Crippen molar-refractivity contribution >= 4 is 5.78 Å². The maximum Gasteiger partial charge on any atom is 0.167 e. The lowest BCUT2D eigenvalue weighted by Gasteiger charge is -2.31. The van der Waals surface area contributed by atoms with Crippen molar-refractivity contribution < 1.29 is 19.7 Å². The largest absolute Gasteiger partial charge is 0.508 e. The van der Waals surface area contributed by atoms with Crippen LogP contribution in [-0.2, 0) is 9.53 Å². The number of hydrogen-bond donors (Lipinski definition) is 2. The van der Waals surface area contributed by atoms with Gasteiger partial charge in [-0.3, -0.25) is 4.79 Å². The number of carbonyl (C=O) groups is 1. The average Bonchev–Trinajstić information content (AvgIpc) is 2.34. The van der Waals surface area contributed by atoms with Crippen molar-refractivity contribution in [2.24, 2.45) is 0 Å². The minimum atomic E-state index is -1.27. The fourth-order valence-corrected chi connectivity index (χ4v) is 1.98. The third kappa shape index (κ3) is 2.02. The van der Waals surface area contributed by atoms with Crippen LogP contribution in [0.4, 0.5) is 0 Å². The van der Waals surface area contributed by atoms with Crippen LogP contribution in [0, 0.1) is 0 Å². The molecule has 0 aromatic heterocycles. The molecule has 0 bridgehead atoms. The van der Waals surface area contributed by atoms with Crippen molar-refractivity contribution in [3.05, 3.63) is 59.6 Å². The van der Waals surface area contributed by atoms with Crippen molar-refractivity contribution in [2.45, 2.75) is 19.1 Å². The maximum atomic E-state index is 11.3. The van der Waals surface area contributed by atoms with Crippen LogP contribution in [0.2, 0.25) is 0 Å². The second-order valence-electron chi connectivity index (χ2n) is 4.13. The molecule has 0 saturated heterocycles. The summed E-state index contributed by atoms with van der Waals surface area (Å²) in [4.78, 5) is 11.3. The van der Waals surface area contributed by atoms with E-state index in [0.29, 0.717) is 5.56 Å². The smallest absolute Gasteiger partial charge is 0.167 e. The third-order valence-corrected chi connectivity index (χ3v) is 2.85. The first-order valence-electron chi connectivity index (χ1n) is 5.55. The fraction of sp³-hybridized carbons (Fsp3) is 0.214. The highest BCUT2D eigenvalue weighted by Gasteiger charge is 2.36. The molecule has 18 heavy (non-hydrogen) atoms. The number of aliphatic hydroxyl groups excluding tert-OH is 2. The number of rotatable bonds is 2. The summed E-state index contributed by atoms with van der Waals surface area (Å²) in [5, 5.41) is 19.9. The zero-order valence-electron chi connectivity index (χ0n) is 9.96. The van der Waals surface area contributed by atoms with Crippen molar-refractivity contribution in [1.82, 2.24) is 0 Å². The molecular weight excluding hydrogens is 232 g/mol. The Morgan fingerprint density at radius 1 is 1.33 bits per heavy atom. The molecule has 1 aromatic rings. The zero-order valence-corrected chi connectivity index (χ0v) is 9.96. The van der Waals surface area contributed by atoms with Crippen LogP contribution < -0.4 is 0 Å². The number of allylic oxidation sites excluding steroid dienone is 1. The lowest BCUT2D eigenvalue weighted by Crippen LogP contribution is -2.30. The van der Waals surface area contributed by atoms with Crippen LogP contribution in [0.25, 0.3) is 0 Å². The Bertz CT molecular complexity index is 516. The third-order valence-electron chi connectivity index (χ3n) is 2.85. The van der Waals surface area contributed by atoms with Gasteiger partial charge in [-0.2, -0.15) is 0 Å². The van der Waals surface area contributed by atoms with Crippen molar-refractivity contribution in [1.29, 1.82) is 0 Å². The van der Waals surface area contributed by atoms with E-state index in [1.807, 2.05) is 6.07 Å². The molecule has 1 aliphatic rings. The molecule has 1 aromatic carbocycles.